The molecule has 1 aromatic heterocycles. The quantitative estimate of drug-likeness (QED) is 0.608. The molecule has 0 fully saturated rings. The number of hydrogen-bond acceptors (Lipinski definition) is 8. The molecule has 0 aliphatic heterocycles. The minimum absolute atomic E-state index is 0.0228. The summed E-state index contributed by atoms with van der Waals surface area (Å²) in [5.41, 5.74) is 0.735. The molecule has 0 saturated heterocycles. The Balaban J connectivity index is 1.84. The average molecular weight is 406 g/mol. The third-order valence-electron chi connectivity index (χ3n) is 3.95. The van der Waals surface area contributed by atoms with Crippen molar-refractivity contribution in [3.05, 3.63) is 42.2 Å². The molecule has 9 nitrogen and oxygen atoms in total. The molecule has 158 valence electrons. The number of benzene rings is 1. The van der Waals surface area contributed by atoms with E-state index < -0.39 is 12.2 Å². The molecule has 1 N–H and O–H groups in total. The second kappa shape index (κ2) is 11.6. The minimum Gasteiger partial charge on any atom is -0.493 e. The molecule has 0 bridgehead atoms. The number of pyridine rings is 1. The zero-order valence-electron chi connectivity index (χ0n) is 17.0. The number of nitrogens with one attached hydrogen (secondary N) is 1. The summed E-state index contributed by atoms with van der Waals surface area (Å²) in [5.74, 6) is 1.92. The molecule has 0 spiro atoms. The van der Waals surface area contributed by atoms with E-state index in [2.05, 4.69) is 10.3 Å². The van der Waals surface area contributed by atoms with Gasteiger partial charge in [0, 0.05) is 25.4 Å². The van der Waals surface area contributed by atoms with Crippen LogP contribution in [0.15, 0.2) is 36.5 Å². The highest BCUT2D eigenvalue weighted by atomic mass is 16.6. The lowest BCUT2D eigenvalue weighted by molar-refractivity contribution is 0.00777. The standard InChI is InChI=1S/C20H26N2O7/c1-24-16(13-29-20(23)22-11-14-7-5-6-8-21-14)12-28-15-9-17(25-2)19(27-4)18(10-15)26-3/h5-10,16H,11-13H2,1-4H3,(H,22,23). The molecule has 0 aliphatic rings. The Labute approximate surface area is 169 Å². The summed E-state index contributed by atoms with van der Waals surface area (Å²) in [5, 5.41) is 2.63. The molecule has 0 aliphatic carbocycles. The normalized spacial score (nSPS) is 11.3. The first-order valence-corrected chi connectivity index (χ1v) is 8.87. The molecule has 1 heterocycles. The van der Waals surface area contributed by atoms with Crippen LogP contribution in [0.2, 0.25) is 0 Å². The van der Waals surface area contributed by atoms with E-state index in [4.69, 9.17) is 28.4 Å². The van der Waals surface area contributed by atoms with E-state index >= 15 is 0 Å². The second-order valence-electron chi connectivity index (χ2n) is 5.80. The van der Waals surface area contributed by atoms with Crippen LogP contribution >= 0.6 is 0 Å². The Morgan fingerprint density at radius 3 is 2.31 bits per heavy atom. The number of aromatic nitrogens is 1. The lowest BCUT2D eigenvalue weighted by atomic mass is 10.2. The van der Waals surface area contributed by atoms with Crippen molar-refractivity contribution in [2.75, 3.05) is 41.7 Å². The third-order valence-corrected chi connectivity index (χ3v) is 3.95. The third kappa shape index (κ3) is 6.72. The van der Waals surface area contributed by atoms with Gasteiger partial charge in [0.25, 0.3) is 0 Å². The van der Waals surface area contributed by atoms with Gasteiger partial charge in [-0.2, -0.15) is 0 Å². The number of carbonyl (C=O) groups is 1. The van der Waals surface area contributed by atoms with Gasteiger partial charge in [-0.25, -0.2) is 4.79 Å². The fourth-order valence-corrected chi connectivity index (χ4v) is 2.40. The first-order valence-electron chi connectivity index (χ1n) is 8.87. The smallest absolute Gasteiger partial charge is 0.407 e. The fraction of sp³-hybridized carbons (Fsp3) is 0.400. The summed E-state index contributed by atoms with van der Waals surface area (Å²) >= 11 is 0. The van der Waals surface area contributed by atoms with Crippen molar-refractivity contribution in [3.63, 3.8) is 0 Å². The molecule has 1 atom stereocenters. The Kier molecular flexibility index (Phi) is 8.84. The summed E-state index contributed by atoms with van der Waals surface area (Å²) in [6.07, 6.45) is 0.629. The van der Waals surface area contributed by atoms with E-state index in [9.17, 15) is 4.79 Å². The molecule has 0 radical (unpaired) electrons. The van der Waals surface area contributed by atoms with Crippen molar-refractivity contribution in [1.29, 1.82) is 0 Å². The molecule has 29 heavy (non-hydrogen) atoms. The highest BCUT2D eigenvalue weighted by molar-refractivity contribution is 5.67. The lowest BCUT2D eigenvalue weighted by Crippen LogP contribution is -2.31. The maximum absolute atomic E-state index is 11.8. The summed E-state index contributed by atoms with van der Waals surface area (Å²) in [4.78, 5) is 16.0. The van der Waals surface area contributed by atoms with Crippen LogP contribution in [0, 0.1) is 0 Å². The van der Waals surface area contributed by atoms with Crippen molar-refractivity contribution < 1.29 is 33.2 Å². The summed E-state index contributed by atoms with van der Waals surface area (Å²) in [7, 11) is 6.09. The summed E-state index contributed by atoms with van der Waals surface area (Å²) in [6.45, 7) is 0.455. The van der Waals surface area contributed by atoms with Crippen LogP contribution in [0.5, 0.6) is 23.0 Å². The molecule has 9 heteroatoms. The van der Waals surface area contributed by atoms with Gasteiger partial charge < -0.3 is 33.7 Å². The number of carbonyl (C=O) groups excluding carboxylic acids is 1. The number of rotatable bonds is 11. The zero-order chi connectivity index (χ0) is 21.1. The van der Waals surface area contributed by atoms with Crippen LogP contribution in [0.1, 0.15) is 5.69 Å². The topological polar surface area (TPSA) is 97.4 Å². The Bertz CT molecular complexity index is 746. The number of methoxy groups -OCH3 is 4. The van der Waals surface area contributed by atoms with Crippen molar-refractivity contribution in [2.45, 2.75) is 12.6 Å². The van der Waals surface area contributed by atoms with E-state index in [1.807, 2.05) is 12.1 Å². The van der Waals surface area contributed by atoms with E-state index in [1.54, 1.807) is 24.4 Å². The fourth-order valence-electron chi connectivity index (χ4n) is 2.40. The highest BCUT2D eigenvalue weighted by Gasteiger charge is 2.16. The van der Waals surface area contributed by atoms with Crippen LogP contribution < -0.4 is 24.3 Å². The second-order valence-corrected chi connectivity index (χ2v) is 5.80. The molecule has 0 saturated carbocycles. The lowest BCUT2D eigenvalue weighted by Gasteiger charge is -2.18. The van der Waals surface area contributed by atoms with Crippen LogP contribution in [0.3, 0.4) is 0 Å². The maximum Gasteiger partial charge on any atom is 0.407 e. The van der Waals surface area contributed by atoms with Gasteiger partial charge in [-0.05, 0) is 12.1 Å². The van der Waals surface area contributed by atoms with Gasteiger partial charge in [0.15, 0.2) is 11.5 Å². The average Bonchev–Trinajstić information content (AvgIpc) is 2.77. The van der Waals surface area contributed by atoms with Crippen LogP contribution in [0.4, 0.5) is 4.79 Å². The zero-order valence-corrected chi connectivity index (χ0v) is 17.0. The van der Waals surface area contributed by atoms with Gasteiger partial charge in [0.05, 0.1) is 33.6 Å². The van der Waals surface area contributed by atoms with Crippen molar-refractivity contribution in [3.8, 4) is 23.0 Å². The molecular weight excluding hydrogens is 380 g/mol. The van der Waals surface area contributed by atoms with Gasteiger partial charge in [0.2, 0.25) is 5.75 Å². The first kappa shape index (κ1) is 22.1. The number of hydrogen-bond donors (Lipinski definition) is 1. The van der Waals surface area contributed by atoms with Gasteiger partial charge in [-0.1, -0.05) is 6.07 Å². The van der Waals surface area contributed by atoms with E-state index in [0.717, 1.165) is 5.69 Å². The van der Waals surface area contributed by atoms with Crippen molar-refractivity contribution in [1.82, 2.24) is 10.3 Å². The van der Waals surface area contributed by atoms with E-state index in [1.165, 1.54) is 28.4 Å². The van der Waals surface area contributed by atoms with Gasteiger partial charge in [-0.3, -0.25) is 4.98 Å². The number of nitrogens with zero attached hydrogens (tertiary/aromatic N) is 1. The van der Waals surface area contributed by atoms with E-state index in [-0.39, 0.29) is 19.8 Å². The largest absolute Gasteiger partial charge is 0.493 e. The van der Waals surface area contributed by atoms with Crippen molar-refractivity contribution >= 4 is 6.09 Å². The molecule has 2 aromatic rings. The SMILES string of the molecule is COc1cc(OCC(COC(=O)NCc2ccccn2)OC)cc(OC)c1OC. The minimum atomic E-state index is -0.564. The number of alkyl carbamates (subject to hydrolysis) is 1. The predicted octanol–water partition coefficient (Wildman–Crippen LogP) is 2.43. The van der Waals surface area contributed by atoms with Gasteiger partial charge in [-0.15, -0.1) is 0 Å². The molecule has 1 unspecified atom stereocenters. The highest BCUT2D eigenvalue weighted by Crippen LogP contribution is 2.40. The number of ether oxygens (including phenoxy) is 6. The summed E-state index contributed by atoms with van der Waals surface area (Å²) < 4.78 is 32.1. The Hall–Kier alpha value is -3.20. The van der Waals surface area contributed by atoms with Crippen LogP contribution in [0.25, 0.3) is 0 Å². The molecule has 2 rings (SSSR count). The first-order chi connectivity index (χ1) is 14.1. The van der Waals surface area contributed by atoms with Gasteiger partial charge in [0.1, 0.15) is 25.1 Å². The Morgan fingerprint density at radius 2 is 1.76 bits per heavy atom. The molecular formula is C20H26N2O7. The molecule has 1 aromatic carbocycles. The van der Waals surface area contributed by atoms with Crippen LogP contribution in [-0.4, -0.2) is 58.8 Å². The summed E-state index contributed by atoms with van der Waals surface area (Å²) in [6, 6.07) is 8.81. The van der Waals surface area contributed by atoms with Crippen molar-refractivity contribution in [2.24, 2.45) is 0 Å². The van der Waals surface area contributed by atoms with Crippen LogP contribution in [-0.2, 0) is 16.0 Å². The molecule has 1 amide bonds. The number of amides is 1. The van der Waals surface area contributed by atoms with E-state index in [0.29, 0.717) is 23.0 Å². The Morgan fingerprint density at radius 1 is 1.03 bits per heavy atom. The van der Waals surface area contributed by atoms with Gasteiger partial charge >= 0.3 is 6.09 Å². The maximum atomic E-state index is 11.8. The predicted molar refractivity (Wildman–Crippen MR) is 105 cm³/mol. The monoisotopic (exact) mass is 406 g/mol.